The molecule has 1 N–H and O–H groups in total. The number of nitrogens with zero attached hydrogens (tertiary/aromatic N) is 3. The molecular weight excluding hydrogens is 508 g/mol. The molecule has 10 heteroatoms. The Morgan fingerprint density at radius 3 is 2.06 bits per heavy atom. The number of benzene rings is 2. The molecule has 180 valence electrons. The second-order valence-corrected chi connectivity index (χ2v) is 11.1. The molecule has 0 aliphatic carbocycles. The van der Waals surface area contributed by atoms with E-state index in [1.165, 1.54) is 19.0 Å². The van der Waals surface area contributed by atoms with Gasteiger partial charge in [0, 0.05) is 31.2 Å². The molecule has 1 atom stereocenters. The van der Waals surface area contributed by atoms with Gasteiger partial charge in [0.1, 0.15) is 12.6 Å². The smallest absolute Gasteiger partial charge is 0.304 e. The second kappa shape index (κ2) is 11.6. The van der Waals surface area contributed by atoms with E-state index >= 15 is 0 Å². The lowest BCUT2D eigenvalue weighted by atomic mass is 10.1. The summed E-state index contributed by atoms with van der Waals surface area (Å²) < 4.78 is 29.1. The number of hydrogen-bond acceptors (Lipinski definition) is 4. The third-order valence-corrected chi connectivity index (χ3v) is 7.28. The summed E-state index contributed by atoms with van der Waals surface area (Å²) in [4.78, 5) is 27.7. The van der Waals surface area contributed by atoms with Gasteiger partial charge >= 0.3 is 10.2 Å². The fourth-order valence-corrected chi connectivity index (χ4v) is 4.41. The standard InChI is InChI=1S/C23H31BrN4O4S/c1-17(2)25-23(30)18(3)27(15-19-11-13-20(24)14-12-19)22(29)16-28(33(31,32)26(4)5)21-9-7-6-8-10-21/h6-14,17-18H,15-16H2,1-5H3,(H,25,30)/t18-/m0/s1. The number of carbonyl (C=O) groups excluding carboxylic acids is 2. The first-order chi connectivity index (χ1) is 15.4. The molecule has 0 saturated heterocycles. The van der Waals surface area contributed by atoms with Crippen molar-refractivity contribution in [2.75, 3.05) is 24.9 Å². The predicted molar refractivity (Wildman–Crippen MR) is 134 cm³/mol. The van der Waals surface area contributed by atoms with Gasteiger partial charge in [-0.1, -0.05) is 46.3 Å². The molecule has 0 saturated carbocycles. The summed E-state index contributed by atoms with van der Waals surface area (Å²) in [5.41, 5.74) is 1.18. The van der Waals surface area contributed by atoms with Gasteiger partial charge in [-0.2, -0.15) is 12.7 Å². The molecule has 0 heterocycles. The van der Waals surface area contributed by atoms with Gasteiger partial charge in [-0.25, -0.2) is 4.31 Å². The Hall–Kier alpha value is -2.43. The number of para-hydroxylation sites is 1. The molecule has 2 amide bonds. The summed E-state index contributed by atoms with van der Waals surface area (Å²) in [5, 5.41) is 2.83. The van der Waals surface area contributed by atoms with E-state index in [0.29, 0.717) is 5.69 Å². The predicted octanol–water partition coefficient (Wildman–Crippen LogP) is 3.00. The van der Waals surface area contributed by atoms with E-state index in [4.69, 9.17) is 0 Å². The minimum atomic E-state index is -3.95. The van der Waals surface area contributed by atoms with E-state index in [9.17, 15) is 18.0 Å². The molecule has 0 aliphatic heterocycles. The number of halogens is 1. The van der Waals surface area contributed by atoms with E-state index < -0.39 is 28.7 Å². The molecule has 2 aromatic rings. The molecule has 2 aromatic carbocycles. The normalized spacial score (nSPS) is 12.5. The van der Waals surface area contributed by atoms with Crippen LogP contribution in [0.1, 0.15) is 26.3 Å². The van der Waals surface area contributed by atoms with Crippen molar-refractivity contribution >= 4 is 43.6 Å². The van der Waals surface area contributed by atoms with Gasteiger partial charge in [0.2, 0.25) is 11.8 Å². The summed E-state index contributed by atoms with van der Waals surface area (Å²) >= 11 is 3.39. The van der Waals surface area contributed by atoms with Crippen molar-refractivity contribution in [2.24, 2.45) is 0 Å². The molecule has 0 radical (unpaired) electrons. The Kier molecular flexibility index (Phi) is 9.45. The van der Waals surface area contributed by atoms with Crippen molar-refractivity contribution in [3.63, 3.8) is 0 Å². The fourth-order valence-electron chi connectivity index (χ4n) is 3.09. The van der Waals surface area contributed by atoms with Crippen molar-refractivity contribution in [1.82, 2.24) is 14.5 Å². The number of nitrogens with one attached hydrogen (secondary N) is 1. The van der Waals surface area contributed by atoms with Crippen LogP contribution in [0.25, 0.3) is 0 Å². The highest BCUT2D eigenvalue weighted by atomic mass is 79.9. The molecule has 0 aromatic heterocycles. The maximum atomic E-state index is 13.5. The molecule has 2 rings (SSSR count). The third kappa shape index (κ3) is 7.28. The van der Waals surface area contributed by atoms with Crippen molar-refractivity contribution < 1.29 is 18.0 Å². The number of carbonyl (C=O) groups is 2. The highest BCUT2D eigenvalue weighted by molar-refractivity contribution is 9.10. The summed E-state index contributed by atoms with van der Waals surface area (Å²) in [6.07, 6.45) is 0. The third-order valence-electron chi connectivity index (χ3n) is 4.93. The van der Waals surface area contributed by atoms with Gasteiger partial charge in [-0.15, -0.1) is 0 Å². The van der Waals surface area contributed by atoms with Crippen LogP contribution in [-0.4, -0.2) is 62.2 Å². The van der Waals surface area contributed by atoms with Crippen LogP contribution in [0.3, 0.4) is 0 Å². The zero-order valence-electron chi connectivity index (χ0n) is 19.5. The topological polar surface area (TPSA) is 90.0 Å². The molecule has 0 unspecified atom stereocenters. The lowest BCUT2D eigenvalue weighted by molar-refractivity contribution is -0.139. The molecule has 0 bridgehead atoms. The van der Waals surface area contributed by atoms with Gasteiger partial charge in [-0.05, 0) is 50.6 Å². The quantitative estimate of drug-likeness (QED) is 0.503. The van der Waals surface area contributed by atoms with Gasteiger partial charge in [0.05, 0.1) is 5.69 Å². The van der Waals surface area contributed by atoms with Crippen LogP contribution < -0.4 is 9.62 Å². The van der Waals surface area contributed by atoms with E-state index in [0.717, 1.165) is 18.6 Å². The maximum absolute atomic E-state index is 13.5. The van der Waals surface area contributed by atoms with Crippen LogP contribution in [0, 0.1) is 0 Å². The summed E-state index contributed by atoms with van der Waals surface area (Å²) in [6, 6.07) is 14.9. The van der Waals surface area contributed by atoms with Crippen LogP contribution in [0.4, 0.5) is 5.69 Å². The Bertz CT molecular complexity index is 1040. The maximum Gasteiger partial charge on any atom is 0.304 e. The highest BCUT2D eigenvalue weighted by Gasteiger charge is 2.32. The Labute approximate surface area is 204 Å². The first-order valence-electron chi connectivity index (χ1n) is 10.5. The van der Waals surface area contributed by atoms with Gasteiger partial charge in [0.15, 0.2) is 0 Å². The number of hydrogen-bond donors (Lipinski definition) is 1. The van der Waals surface area contributed by atoms with Crippen molar-refractivity contribution in [3.8, 4) is 0 Å². The van der Waals surface area contributed by atoms with E-state index in [1.807, 2.05) is 38.1 Å². The minimum absolute atomic E-state index is 0.0977. The lowest BCUT2D eigenvalue weighted by Crippen LogP contribution is -2.53. The lowest BCUT2D eigenvalue weighted by Gasteiger charge is -2.33. The van der Waals surface area contributed by atoms with Gasteiger partial charge < -0.3 is 10.2 Å². The molecule has 8 nitrogen and oxygen atoms in total. The first-order valence-corrected chi connectivity index (χ1v) is 12.7. The SMILES string of the molecule is CC(C)NC(=O)[C@H](C)N(Cc1ccc(Br)cc1)C(=O)CN(c1ccccc1)S(=O)(=O)N(C)C. The minimum Gasteiger partial charge on any atom is -0.352 e. The number of rotatable bonds is 10. The summed E-state index contributed by atoms with van der Waals surface area (Å²) in [5.74, 6) is -0.796. The van der Waals surface area contributed by atoms with Crippen molar-refractivity contribution in [3.05, 3.63) is 64.6 Å². The first kappa shape index (κ1) is 26.8. The molecule has 0 fully saturated rings. The fraction of sp³-hybridized carbons (Fsp3) is 0.391. The summed E-state index contributed by atoms with van der Waals surface area (Å²) in [6.45, 7) is 5.03. The molecule has 33 heavy (non-hydrogen) atoms. The van der Waals surface area contributed by atoms with Crippen molar-refractivity contribution in [1.29, 1.82) is 0 Å². The molecular formula is C23H31BrN4O4S. The average molecular weight is 539 g/mol. The molecule has 0 spiro atoms. The Morgan fingerprint density at radius 2 is 1.55 bits per heavy atom. The van der Waals surface area contributed by atoms with Gasteiger partial charge in [0.25, 0.3) is 0 Å². The van der Waals surface area contributed by atoms with Crippen LogP contribution >= 0.6 is 15.9 Å². The monoisotopic (exact) mass is 538 g/mol. The van der Waals surface area contributed by atoms with Crippen molar-refractivity contribution in [2.45, 2.75) is 39.4 Å². The number of amides is 2. The van der Waals surface area contributed by atoms with E-state index in [2.05, 4.69) is 21.2 Å². The second-order valence-electron chi connectivity index (χ2n) is 8.12. The zero-order chi connectivity index (χ0) is 24.8. The average Bonchev–Trinajstić information content (AvgIpc) is 2.76. The number of anilines is 1. The van der Waals surface area contributed by atoms with Crippen LogP contribution in [0.2, 0.25) is 0 Å². The Morgan fingerprint density at radius 1 is 0.970 bits per heavy atom. The summed E-state index contributed by atoms with van der Waals surface area (Å²) in [7, 11) is -1.13. The van der Waals surface area contributed by atoms with Crippen LogP contribution in [0.15, 0.2) is 59.1 Å². The Balaban J connectivity index is 2.41. The molecule has 0 aliphatic rings. The largest absolute Gasteiger partial charge is 0.352 e. The van der Waals surface area contributed by atoms with Crippen LogP contribution in [0.5, 0.6) is 0 Å². The van der Waals surface area contributed by atoms with Gasteiger partial charge in [-0.3, -0.25) is 9.59 Å². The van der Waals surface area contributed by atoms with E-state index in [-0.39, 0.29) is 18.5 Å². The van der Waals surface area contributed by atoms with Crippen LogP contribution in [-0.2, 0) is 26.3 Å². The highest BCUT2D eigenvalue weighted by Crippen LogP contribution is 2.21. The van der Waals surface area contributed by atoms with E-state index in [1.54, 1.807) is 37.3 Å². The zero-order valence-corrected chi connectivity index (χ0v) is 21.9.